The molecule has 1 aromatic rings. The minimum Gasteiger partial charge on any atom is -0.313 e. The Kier molecular flexibility index (Phi) is 5.15. The number of nitrogens with one attached hydrogen (secondary N) is 1. The van der Waals surface area contributed by atoms with Gasteiger partial charge in [0, 0.05) is 11.4 Å². The van der Waals surface area contributed by atoms with Crippen molar-refractivity contribution in [2.45, 2.75) is 30.3 Å². The van der Waals surface area contributed by atoms with Crippen LogP contribution in [-0.2, 0) is 6.54 Å². The minimum absolute atomic E-state index is 0.0826. The van der Waals surface area contributed by atoms with Gasteiger partial charge in [-0.25, -0.2) is 0 Å². The van der Waals surface area contributed by atoms with Crippen LogP contribution in [0.5, 0.6) is 0 Å². The summed E-state index contributed by atoms with van der Waals surface area (Å²) in [5.41, 5.74) is -3.21. The minimum atomic E-state index is -4.21. The molecular weight excluding hydrogens is 235 g/mol. The Labute approximate surface area is 97.4 Å². The average Bonchev–Trinajstić information content (AvgIpc) is 2.19. The second-order valence-electron chi connectivity index (χ2n) is 3.37. The Bertz CT molecular complexity index is 308. The van der Waals surface area contributed by atoms with E-state index in [1.54, 1.807) is 12.1 Å². The van der Waals surface area contributed by atoms with Gasteiger partial charge >= 0.3 is 5.51 Å². The number of thioether (sulfide) groups is 1. The Morgan fingerprint density at radius 1 is 1.19 bits per heavy atom. The van der Waals surface area contributed by atoms with Gasteiger partial charge in [-0.2, -0.15) is 13.2 Å². The zero-order valence-electron chi connectivity index (χ0n) is 8.97. The highest BCUT2D eigenvalue weighted by Crippen LogP contribution is 2.36. The van der Waals surface area contributed by atoms with E-state index in [4.69, 9.17) is 0 Å². The van der Waals surface area contributed by atoms with Crippen LogP contribution in [0.15, 0.2) is 29.2 Å². The third kappa shape index (κ3) is 5.42. The molecule has 0 heterocycles. The Morgan fingerprint density at radius 2 is 1.81 bits per heavy atom. The molecule has 5 heteroatoms. The molecule has 1 aromatic carbocycles. The van der Waals surface area contributed by atoms with Crippen molar-refractivity contribution < 1.29 is 13.2 Å². The van der Waals surface area contributed by atoms with Gasteiger partial charge in [-0.1, -0.05) is 19.1 Å². The largest absolute Gasteiger partial charge is 0.446 e. The normalized spacial score (nSPS) is 11.8. The van der Waals surface area contributed by atoms with Crippen LogP contribution >= 0.6 is 11.8 Å². The SMILES string of the molecule is CCCNCc1ccc(SC(F)(F)F)cc1. The van der Waals surface area contributed by atoms with Gasteiger partial charge in [0.25, 0.3) is 0 Å². The molecule has 0 saturated carbocycles. The summed E-state index contributed by atoms with van der Waals surface area (Å²) in [6, 6.07) is 6.44. The van der Waals surface area contributed by atoms with Crippen molar-refractivity contribution in [1.29, 1.82) is 0 Å². The van der Waals surface area contributed by atoms with E-state index in [-0.39, 0.29) is 16.7 Å². The lowest BCUT2D eigenvalue weighted by atomic mass is 10.2. The van der Waals surface area contributed by atoms with Crippen molar-refractivity contribution in [2.24, 2.45) is 0 Å². The fourth-order valence-electron chi connectivity index (χ4n) is 1.22. The lowest BCUT2D eigenvalue weighted by molar-refractivity contribution is -0.0328. The van der Waals surface area contributed by atoms with Gasteiger partial charge in [0.05, 0.1) is 0 Å². The van der Waals surface area contributed by atoms with E-state index in [2.05, 4.69) is 12.2 Å². The lowest BCUT2D eigenvalue weighted by Crippen LogP contribution is -2.13. The van der Waals surface area contributed by atoms with Gasteiger partial charge in [0.2, 0.25) is 0 Å². The molecule has 1 nitrogen and oxygen atoms in total. The van der Waals surface area contributed by atoms with E-state index in [0.717, 1.165) is 18.5 Å². The molecule has 16 heavy (non-hydrogen) atoms. The molecule has 0 fully saturated rings. The predicted octanol–water partition coefficient (Wildman–Crippen LogP) is 3.80. The number of benzene rings is 1. The highest BCUT2D eigenvalue weighted by Gasteiger charge is 2.28. The van der Waals surface area contributed by atoms with Gasteiger partial charge < -0.3 is 5.32 Å². The molecule has 0 saturated heterocycles. The molecule has 0 aromatic heterocycles. The van der Waals surface area contributed by atoms with Crippen molar-refractivity contribution >= 4 is 11.8 Å². The predicted molar refractivity (Wildman–Crippen MR) is 60.4 cm³/mol. The molecule has 0 unspecified atom stereocenters. The molecule has 0 aliphatic rings. The van der Waals surface area contributed by atoms with Crippen LogP contribution in [0.3, 0.4) is 0 Å². The van der Waals surface area contributed by atoms with E-state index in [1.165, 1.54) is 12.1 Å². The zero-order valence-corrected chi connectivity index (χ0v) is 9.79. The molecule has 1 N–H and O–H groups in total. The van der Waals surface area contributed by atoms with Crippen LogP contribution in [0.1, 0.15) is 18.9 Å². The summed E-state index contributed by atoms with van der Waals surface area (Å²) < 4.78 is 36.1. The van der Waals surface area contributed by atoms with Crippen LogP contribution in [0, 0.1) is 0 Å². The number of alkyl halides is 3. The Balaban J connectivity index is 2.48. The maximum Gasteiger partial charge on any atom is 0.446 e. The van der Waals surface area contributed by atoms with E-state index >= 15 is 0 Å². The summed E-state index contributed by atoms with van der Waals surface area (Å²) in [6.45, 7) is 3.68. The number of halogens is 3. The first kappa shape index (κ1) is 13.4. The Hall–Kier alpha value is -0.680. The molecule has 0 amide bonds. The first-order valence-corrected chi connectivity index (χ1v) is 5.88. The molecule has 0 spiro atoms. The van der Waals surface area contributed by atoms with Gasteiger partial charge in [-0.05, 0) is 42.4 Å². The summed E-state index contributed by atoms with van der Waals surface area (Å²) in [6.07, 6.45) is 1.04. The summed E-state index contributed by atoms with van der Waals surface area (Å²) in [5.74, 6) is 0. The van der Waals surface area contributed by atoms with E-state index < -0.39 is 5.51 Å². The zero-order chi connectivity index (χ0) is 12.0. The van der Waals surface area contributed by atoms with E-state index in [9.17, 15) is 13.2 Å². The first-order valence-electron chi connectivity index (χ1n) is 5.06. The number of hydrogen-bond donors (Lipinski definition) is 1. The van der Waals surface area contributed by atoms with Crippen LogP contribution < -0.4 is 5.32 Å². The second-order valence-corrected chi connectivity index (χ2v) is 4.51. The highest BCUT2D eigenvalue weighted by atomic mass is 32.2. The van der Waals surface area contributed by atoms with Crippen LogP contribution in [0.4, 0.5) is 13.2 Å². The summed E-state index contributed by atoms with van der Waals surface area (Å²) in [7, 11) is 0. The van der Waals surface area contributed by atoms with E-state index in [1.807, 2.05) is 0 Å². The van der Waals surface area contributed by atoms with Crippen LogP contribution in [0.2, 0.25) is 0 Å². The van der Waals surface area contributed by atoms with Gasteiger partial charge in [-0.15, -0.1) is 0 Å². The fraction of sp³-hybridized carbons (Fsp3) is 0.455. The van der Waals surface area contributed by atoms with Crippen molar-refractivity contribution in [3.05, 3.63) is 29.8 Å². The lowest BCUT2D eigenvalue weighted by Gasteiger charge is -2.07. The van der Waals surface area contributed by atoms with Crippen LogP contribution in [0.25, 0.3) is 0 Å². The van der Waals surface area contributed by atoms with Gasteiger partial charge in [0.15, 0.2) is 0 Å². The van der Waals surface area contributed by atoms with Crippen molar-refractivity contribution in [2.75, 3.05) is 6.54 Å². The van der Waals surface area contributed by atoms with Crippen LogP contribution in [-0.4, -0.2) is 12.1 Å². The molecule has 0 aliphatic carbocycles. The smallest absolute Gasteiger partial charge is 0.313 e. The van der Waals surface area contributed by atoms with E-state index in [0.29, 0.717) is 6.54 Å². The quantitative estimate of drug-likeness (QED) is 0.629. The topological polar surface area (TPSA) is 12.0 Å². The molecule has 0 bridgehead atoms. The number of hydrogen-bond acceptors (Lipinski definition) is 2. The molecule has 1 rings (SSSR count). The molecule has 90 valence electrons. The molecule has 0 atom stereocenters. The molecule has 0 aliphatic heterocycles. The summed E-state index contributed by atoms with van der Waals surface area (Å²) in [4.78, 5) is 0.228. The summed E-state index contributed by atoms with van der Waals surface area (Å²) in [5, 5.41) is 3.19. The fourth-order valence-corrected chi connectivity index (χ4v) is 1.76. The second kappa shape index (κ2) is 6.15. The number of rotatable bonds is 5. The summed E-state index contributed by atoms with van der Waals surface area (Å²) >= 11 is -0.0826. The standard InChI is InChI=1S/C11H14F3NS/c1-2-7-15-8-9-3-5-10(6-4-9)16-11(12,13)14/h3-6,15H,2,7-8H2,1H3. The van der Waals surface area contributed by atoms with Gasteiger partial charge in [-0.3, -0.25) is 0 Å². The third-order valence-corrected chi connectivity index (χ3v) is 2.65. The average molecular weight is 249 g/mol. The van der Waals surface area contributed by atoms with Crippen molar-refractivity contribution in [3.63, 3.8) is 0 Å². The Morgan fingerprint density at radius 3 is 2.31 bits per heavy atom. The van der Waals surface area contributed by atoms with Crippen molar-refractivity contribution in [1.82, 2.24) is 5.32 Å². The maximum absolute atomic E-state index is 12.0. The van der Waals surface area contributed by atoms with Gasteiger partial charge in [0.1, 0.15) is 0 Å². The highest BCUT2D eigenvalue weighted by molar-refractivity contribution is 8.00. The first-order chi connectivity index (χ1) is 7.51. The maximum atomic E-state index is 12.0. The molecule has 0 radical (unpaired) electrons. The monoisotopic (exact) mass is 249 g/mol. The molecular formula is C11H14F3NS. The third-order valence-electron chi connectivity index (χ3n) is 1.91. The van der Waals surface area contributed by atoms with Crippen molar-refractivity contribution in [3.8, 4) is 0 Å².